The molecule has 0 saturated carbocycles. The quantitative estimate of drug-likeness (QED) is 0.577. The van der Waals surface area contributed by atoms with Crippen LogP contribution in [0.4, 0.5) is 0 Å². The fraction of sp³-hybridized carbons (Fsp3) is 0.600. The summed E-state index contributed by atoms with van der Waals surface area (Å²) in [7, 11) is -1.57. The summed E-state index contributed by atoms with van der Waals surface area (Å²) in [5.74, 6) is -0.971. The zero-order chi connectivity index (χ0) is 16.8. The fourth-order valence-electron chi connectivity index (χ4n) is 3.50. The van der Waals surface area contributed by atoms with Gasteiger partial charge in [0.25, 0.3) is 11.7 Å². The van der Waals surface area contributed by atoms with E-state index in [0.717, 1.165) is 12.8 Å². The van der Waals surface area contributed by atoms with Crippen molar-refractivity contribution in [3.05, 3.63) is 24.0 Å². The molecule has 2 bridgehead atoms. The van der Waals surface area contributed by atoms with Crippen molar-refractivity contribution >= 4 is 21.7 Å². The molecule has 126 valence electrons. The van der Waals surface area contributed by atoms with Crippen LogP contribution in [0.15, 0.2) is 18.3 Å². The number of Topliss-reactive ketones (excluding diaryl/α,β-unsaturated/α-hetero) is 1. The van der Waals surface area contributed by atoms with E-state index in [4.69, 9.17) is 0 Å². The second-order valence-corrected chi connectivity index (χ2v) is 8.45. The first-order valence-corrected chi connectivity index (χ1v) is 9.54. The smallest absolute Gasteiger partial charge is 0.296 e. The molecule has 0 N–H and O–H groups in total. The summed E-state index contributed by atoms with van der Waals surface area (Å²) in [5, 5.41) is 0. The number of carbonyl (C=O) groups is 2. The highest BCUT2D eigenvalue weighted by atomic mass is 32.2. The van der Waals surface area contributed by atoms with E-state index in [1.807, 2.05) is 0 Å². The third-order valence-corrected chi connectivity index (χ3v) is 6.02. The third-order valence-electron chi connectivity index (χ3n) is 4.78. The number of piperidine rings is 1. The maximum atomic E-state index is 12.6. The third kappa shape index (κ3) is 3.05. The fourth-order valence-corrected chi connectivity index (χ4v) is 4.42. The van der Waals surface area contributed by atoms with Crippen molar-refractivity contribution in [1.82, 2.24) is 13.8 Å². The Balaban J connectivity index is 1.83. The number of ketones is 1. The largest absolute Gasteiger partial charge is 0.348 e. The molecule has 0 aliphatic carbocycles. The van der Waals surface area contributed by atoms with Crippen molar-refractivity contribution in [3.8, 4) is 0 Å². The van der Waals surface area contributed by atoms with Crippen LogP contribution in [0.2, 0.25) is 0 Å². The molecule has 0 radical (unpaired) electrons. The van der Waals surface area contributed by atoms with Gasteiger partial charge in [-0.15, -0.1) is 0 Å². The molecule has 1 amide bonds. The first kappa shape index (κ1) is 16.2. The van der Waals surface area contributed by atoms with E-state index in [0.29, 0.717) is 18.8 Å². The van der Waals surface area contributed by atoms with Crippen LogP contribution >= 0.6 is 0 Å². The lowest BCUT2D eigenvalue weighted by Crippen LogP contribution is -2.50. The molecule has 4 heterocycles. The summed E-state index contributed by atoms with van der Waals surface area (Å²) in [4.78, 5) is 26.7. The molecule has 0 spiro atoms. The Hall–Kier alpha value is -1.67. The van der Waals surface area contributed by atoms with E-state index < -0.39 is 21.7 Å². The Kier molecular flexibility index (Phi) is 4.05. The summed E-state index contributed by atoms with van der Waals surface area (Å²) in [6.45, 7) is 1.16. The molecule has 1 aromatic rings. The Bertz CT molecular complexity index is 740. The number of hydrogen-bond acceptors (Lipinski definition) is 4. The number of hydrogen-bond donors (Lipinski definition) is 0. The van der Waals surface area contributed by atoms with Crippen LogP contribution in [0.25, 0.3) is 0 Å². The van der Waals surface area contributed by atoms with Gasteiger partial charge in [-0.2, -0.15) is 4.31 Å². The molecule has 3 aliphatic rings. The monoisotopic (exact) mass is 339 g/mol. The number of aromatic nitrogens is 1. The molecular weight excluding hydrogens is 318 g/mol. The Morgan fingerprint density at radius 1 is 1.17 bits per heavy atom. The van der Waals surface area contributed by atoms with Crippen LogP contribution in [0.5, 0.6) is 0 Å². The Labute approximate surface area is 135 Å². The van der Waals surface area contributed by atoms with Crippen molar-refractivity contribution in [2.75, 3.05) is 25.9 Å². The minimum atomic E-state index is -3.29. The molecule has 0 unspecified atom stereocenters. The zero-order valence-electron chi connectivity index (χ0n) is 13.3. The minimum Gasteiger partial charge on any atom is -0.348 e. The number of carbonyl (C=O) groups excluding carboxylic acids is 2. The van der Waals surface area contributed by atoms with Gasteiger partial charge in [-0.25, -0.2) is 8.42 Å². The van der Waals surface area contributed by atoms with Gasteiger partial charge in [0.15, 0.2) is 0 Å². The van der Waals surface area contributed by atoms with E-state index in [1.165, 1.54) is 10.6 Å². The summed E-state index contributed by atoms with van der Waals surface area (Å²) < 4.78 is 26.8. The number of rotatable bonds is 3. The van der Waals surface area contributed by atoms with Crippen molar-refractivity contribution in [3.63, 3.8) is 0 Å². The standard InChI is InChI=1S/C15H21N3O4S/c1-16-7-3-4-13(16)14(19)15(20)18-9-11-5-6-12(18)10-17(8-11)23(2,21)22/h3-4,7,11-12H,5-6,8-10H2,1-2H3/t11-,12+/m0/s1. The lowest BCUT2D eigenvalue weighted by Gasteiger charge is -2.35. The average molecular weight is 339 g/mol. The molecule has 3 saturated heterocycles. The van der Waals surface area contributed by atoms with Crippen molar-refractivity contribution in [2.45, 2.75) is 18.9 Å². The minimum absolute atomic E-state index is 0.0913. The van der Waals surface area contributed by atoms with Gasteiger partial charge in [-0.05, 0) is 30.9 Å². The van der Waals surface area contributed by atoms with E-state index in [2.05, 4.69) is 0 Å². The lowest BCUT2D eigenvalue weighted by atomic mass is 9.94. The van der Waals surface area contributed by atoms with Gasteiger partial charge >= 0.3 is 0 Å². The van der Waals surface area contributed by atoms with Crippen LogP contribution in [-0.2, 0) is 21.9 Å². The van der Waals surface area contributed by atoms with E-state index >= 15 is 0 Å². The maximum Gasteiger partial charge on any atom is 0.296 e. The Morgan fingerprint density at radius 2 is 1.91 bits per heavy atom. The van der Waals surface area contributed by atoms with Crippen molar-refractivity contribution in [2.24, 2.45) is 13.0 Å². The van der Waals surface area contributed by atoms with E-state index in [9.17, 15) is 18.0 Å². The van der Waals surface area contributed by atoms with Crippen LogP contribution in [0.1, 0.15) is 23.3 Å². The first-order valence-electron chi connectivity index (χ1n) is 7.69. The number of sulfonamides is 1. The van der Waals surface area contributed by atoms with Gasteiger partial charge in [-0.1, -0.05) is 0 Å². The molecule has 0 aromatic carbocycles. The molecule has 8 heteroatoms. The predicted octanol–water partition coefficient (Wildman–Crippen LogP) is 0.0902. The molecule has 3 fully saturated rings. The molecule has 7 nitrogen and oxygen atoms in total. The highest BCUT2D eigenvalue weighted by Gasteiger charge is 2.41. The predicted molar refractivity (Wildman–Crippen MR) is 84.4 cm³/mol. The highest BCUT2D eigenvalue weighted by Crippen LogP contribution is 2.29. The van der Waals surface area contributed by atoms with E-state index in [-0.39, 0.29) is 18.5 Å². The summed E-state index contributed by atoms with van der Waals surface area (Å²) in [6, 6.07) is 3.12. The summed E-state index contributed by atoms with van der Waals surface area (Å²) in [5.41, 5.74) is 0.357. The SMILES string of the molecule is Cn1cccc1C(=O)C(=O)N1C[C@H]2CC[C@@H]1CN(S(C)(=O)=O)C2. The van der Waals surface area contributed by atoms with Gasteiger partial charge in [-0.3, -0.25) is 9.59 Å². The van der Waals surface area contributed by atoms with Crippen LogP contribution in [0.3, 0.4) is 0 Å². The van der Waals surface area contributed by atoms with Crippen LogP contribution < -0.4 is 0 Å². The number of aryl methyl sites for hydroxylation is 1. The average Bonchev–Trinajstić information content (AvgIpc) is 2.72. The van der Waals surface area contributed by atoms with Crippen molar-refractivity contribution < 1.29 is 18.0 Å². The normalized spacial score (nSPS) is 25.4. The topological polar surface area (TPSA) is 79.7 Å². The Morgan fingerprint density at radius 3 is 2.52 bits per heavy atom. The molecular formula is C15H21N3O4S. The van der Waals surface area contributed by atoms with Gasteiger partial charge in [0.2, 0.25) is 10.0 Å². The lowest BCUT2D eigenvalue weighted by molar-refractivity contribution is -0.130. The summed E-state index contributed by atoms with van der Waals surface area (Å²) in [6.07, 6.45) is 4.54. The molecule has 23 heavy (non-hydrogen) atoms. The molecule has 4 rings (SSSR count). The van der Waals surface area contributed by atoms with Gasteiger partial charge in [0.05, 0.1) is 11.9 Å². The number of nitrogens with zero attached hydrogens (tertiary/aromatic N) is 3. The molecule has 1 aromatic heterocycles. The van der Waals surface area contributed by atoms with Gasteiger partial charge < -0.3 is 9.47 Å². The van der Waals surface area contributed by atoms with Crippen molar-refractivity contribution in [1.29, 1.82) is 0 Å². The van der Waals surface area contributed by atoms with Gasteiger partial charge in [0.1, 0.15) is 0 Å². The zero-order valence-corrected chi connectivity index (χ0v) is 14.1. The number of amides is 1. The summed E-state index contributed by atoms with van der Waals surface area (Å²) >= 11 is 0. The van der Waals surface area contributed by atoms with Crippen LogP contribution in [0, 0.1) is 5.92 Å². The second-order valence-electron chi connectivity index (χ2n) is 6.47. The maximum absolute atomic E-state index is 12.6. The highest BCUT2D eigenvalue weighted by molar-refractivity contribution is 7.88. The first-order chi connectivity index (χ1) is 10.8. The molecule has 2 atom stereocenters. The second kappa shape index (κ2) is 5.76. The number of fused-ring (bicyclic) bond motifs is 4. The molecule has 3 aliphatic heterocycles. The van der Waals surface area contributed by atoms with E-state index in [1.54, 1.807) is 34.8 Å². The van der Waals surface area contributed by atoms with Crippen LogP contribution in [-0.4, -0.2) is 65.8 Å². The van der Waals surface area contributed by atoms with Gasteiger partial charge in [0, 0.05) is 38.9 Å².